The van der Waals surface area contributed by atoms with Crippen molar-refractivity contribution in [1.82, 2.24) is 9.80 Å². The molecule has 0 amide bonds. The van der Waals surface area contributed by atoms with Gasteiger partial charge in [0.25, 0.3) is 0 Å². The molecule has 4 unspecified atom stereocenters. The Balaban J connectivity index is 5.30. The van der Waals surface area contributed by atoms with E-state index in [2.05, 4.69) is 27.7 Å². The van der Waals surface area contributed by atoms with Crippen LogP contribution in [0, 0.1) is 0 Å². The van der Waals surface area contributed by atoms with Crippen molar-refractivity contribution in [3.63, 3.8) is 0 Å². The molecule has 96 heavy (non-hydrogen) atoms. The molecule has 0 fully saturated rings. The molecule has 0 aromatic carbocycles. The summed E-state index contributed by atoms with van der Waals surface area (Å²) in [5, 5.41) is 87.2. The smallest absolute Gasteiger partial charge is 0.220 e. The summed E-state index contributed by atoms with van der Waals surface area (Å²) in [5.41, 5.74) is 0. The fraction of sp³-hybridized carbons (Fsp3) is 0.976. The highest BCUT2D eigenvalue weighted by Gasteiger charge is 2.38. The Kier molecular flexibility index (Phi) is 74.1. The summed E-state index contributed by atoms with van der Waals surface area (Å²) in [5.74, 6) is 0.401. The average Bonchev–Trinajstić information content (AvgIpc) is 0.953. The van der Waals surface area contributed by atoms with E-state index in [1.165, 1.54) is 283 Å². The van der Waals surface area contributed by atoms with E-state index in [-0.39, 0.29) is 11.5 Å². The molecule has 0 spiro atoms. The van der Waals surface area contributed by atoms with Gasteiger partial charge >= 0.3 is 0 Å². The predicted molar refractivity (Wildman–Crippen MR) is 416 cm³/mol. The molecule has 8 atom stereocenters. The van der Waals surface area contributed by atoms with Crippen LogP contribution < -0.4 is 0 Å². The zero-order chi connectivity index (χ0) is 70.4. The minimum absolute atomic E-state index is 0.200. The molecule has 0 bridgehead atoms. The molecule has 0 saturated heterocycles. The third-order valence-corrected chi connectivity index (χ3v) is 22.0. The molecule has 8 N–H and O–H groups in total. The van der Waals surface area contributed by atoms with Gasteiger partial charge in [-0.3, -0.25) is 19.4 Å². The highest BCUT2D eigenvalue weighted by Crippen LogP contribution is 2.23. The van der Waals surface area contributed by atoms with Crippen molar-refractivity contribution in [2.24, 2.45) is 0 Å². The van der Waals surface area contributed by atoms with Crippen molar-refractivity contribution in [3.8, 4) is 0 Å². The van der Waals surface area contributed by atoms with Crippen LogP contribution in [-0.2, 0) is 9.59 Å². The first-order valence-electron chi connectivity index (χ1n) is 42.0. The molecular formula is C82H164N2O10S2. The summed E-state index contributed by atoms with van der Waals surface area (Å²) in [6.45, 7) is 11.1. The topological polar surface area (TPSA) is 202 Å². The van der Waals surface area contributed by atoms with Gasteiger partial charge in [0.15, 0.2) is 12.2 Å². The number of thioether (sulfide) groups is 2. The number of hydrogen-bond acceptors (Lipinski definition) is 14. The molecular weight excluding hydrogens is 1240 g/mol. The van der Waals surface area contributed by atoms with E-state index in [1.807, 2.05) is 9.80 Å². The highest BCUT2D eigenvalue weighted by molar-refractivity contribution is 8.14. The van der Waals surface area contributed by atoms with Crippen LogP contribution in [0.4, 0.5) is 0 Å². The summed E-state index contributed by atoms with van der Waals surface area (Å²) in [4.78, 5) is 30.7. The molecule has 0 aromatic heterocycles. The van der Waals surface area contributed by atoms with E-state index < -0.39 is 59.1 Å². The summed E-state index contributed by atoms with van der Waals surface area (Å²) in [6.07, 6.45) is 62.7. The van der Waals surface area contributed by atoms with E-state index in [4.69, 9.17) is 0 Å². The summed E-state index contributed by atoms with van der Waals surface area (Å²) in [7, 11) is 0. The number of rotatable bonds is 79. The zero-order valence-corrected chi connectivity index (χ0v) is 65.4. The molecule has 0 saturated carbocycles. The standard InChI is InChI=1S/C82H164N2O10S2/c1-5-9-13-17-21-25-29-33-37-41-45-49-53-57-61-73(85)69-83(70-74(86)62-58-54-50-46-42-38-34-30-26-22-18-14-10-6-2)65-67-95-81(93)79(91)77(89)78(90)80(92)82(94)96-68-66-84(71-75(87)63-59-55-51-47-43-39-35-31-27-23-19-15-11-7-3)72-76(88)64-60-56-52-48-44-40-36-32-28-24-20-16-12-8-4/h73-80,85-92H,5-72H2,1-4H3/t73?,74?,75?,76?,77-,78-,79-,80+/m0/s1. The minimum atomic E-state index is -2.12. The SMILES string of the molecule is CCCCCCCCCCCCCCCCC(O)CN(CCSC(=O)[C@@H](O)[C@@H](O)[C@H](O)[C@@H](O)C(=O)SCCN(CC(O)CCCCCCCCCCCCCCCC)CC(O)CCCCCCCCCCCCCCCC)CC(O)CCCCCCCCCCCCCCCC. The Hall–Kier alpha value is -0.360. The summed E-state index contributed by atoms with van der Waals surface area (Å²) >= 11 is 1.56. The molecule has 0 radical (unpaired) electrons. The maximum atomic E-state index is 13.3. The van der Waals surface area contributed by atoms with E-state index in [1.54, 1.807) is 0 Å². The van der Waals surface area contributed by atoms with Crippen molar-refractivity contribution < 1.29 is 50.4 Å². The van der Waals surface area contributed by atoms with Crippen LogP contribution in [0.15, 0.2) is 0 Å². The van der Waals surface area contributed by atoms with Crippen LogP contribution in [0.1, 0.15) is 413 Å². The molecule has 0 aliphatic rings. The van der Waals surface area contributed by atoms with Gasteiger partial charge in [-0.1, -0.05) is 411 Å². The van der Waals surface area contributed by atoms with Crippen LogP contribution in [-0.4, -0.2) is 160 Å². The average molecular weight is 1400 g/mol. The second-order valence-corrected chi connectivity index (χ2v) is 32.1. The van der Waals surface area contributed by atoms with Gasteiger partial charge in [-0.15, -0.1) is 0 Å². The van der Waals surface area contributed by atoms with Crippen molar-refractivity contribution in [2.75, 3.05) is 50.8 Å². The largest absolute Gasteiger partial charge is 0.392 e. The molecule has 0 aliphatic heterocycles. The van der Waals surface area contributed by atoms with Crippen LogP contribution >= 0.6 is 23.5 Å². The number of carbonyl (C=O) groups is 2. The van der Waals surface area contributed by atoms with E-state index >= 15 is 0 Å². The number of aliphatic hydroxyl groups is 8. The highest BCUT2D eigenvalue weighted by atomic mass is 32.2. The van der Waals surface area contributed by atoms with Crippen LogP contribution in [0.25, 0.3) is 0 Å². The Bertz CT molecular complexity index is 1400. The Morgan fingerprint density at radius 2 is 0.385 bits per heavy atom. The first kappa shape index (κ1) is 95.6. The Morgan fingerprint density at radius 1 is 0.240 bits per heavy atom. The van der Waals surface area contributed by atoms with Crippen LogP contribution in [0.5, 0.6) is 0 Å². The van der Waals surface area contributed by atoms with Gasteiger partial charge in [-0.25, -0.2) is 0 Å². The monoisotopic (exact) mass is 1400 g/mol. The lowest BCUT2D eigenvalue weighted by Gasteiger charge is -2.28. The number of unbranched alkanes of at least 4 members (excludes halogenated alkanes) is 52. The minimum Gasteiger partial charge on any atom is -0.392 e. The molecule has 0 rings (SSSR count). The Labute approximate surface area is 603 Å². The maximum Gasteiger partial charge on any atom is 0.220 e. The predicted octanol–water partition coefficient (Wildman–Crippen LogP) is 20.5. The number of aliphatic hydroxyl groups excluding tert-OH is 8. The van der Waals surface area contributed by atoms with E-state index in [0.717, 1.165) is 101 Å². The van der Waals surface area contributed by atoms with E-state index in [9.17, 15) is 50.4 Å². The first-order valence-corrected chi connectivity index (χ1v) is 44.0. The van der Waals surface area contributed by atoms with Crippen molar-refractivity contribution >= 4 is 33.8 Å². The van der Waals surface area contributed by atoms with Crippen molar-refractivity contribution in [2.45, 2.75) is 462 Å². The third-order valence-electron chi connectivity index (χ3n) is 20.2. The lowest BCUT2D eigenvalue weighted by molar-refractivity contribution is -0.144. The lowest BCUT2D eigenvalue weighted by atomic mass is 10.0. The van der Waals surface area contributed by atoms with E-state index in [0.29, 0.717) is 65.0 Å². The van der Waals surface area contributed by atoms with Crippen molar-refractivity contribution in [1.29, 1.82) is 0 Å². The first-order chi connectivity index (χ1) is 46.8. The number of hydrogen-bond donors (Lipinski definition) is 8. The number of carbonyl (C=O) groups excluding carboxylic acids is 2. The molecule has 574 valence electrons. The molecule has 0 aliphatic carbocycles. The van der Waals surface area contributed by atoms with Crippen LogP contribution in [0.2, 0.25) is 0 Å². The molecule has 14 heteroatoms. The third kappa shape index (κ3) is 64.5. The summed E-state index contributed by atoms with van der Waals surface area (Å²) < 4.78 is 0. The molecule has 12 nitrogen and oxygen atoms in total. The quantitative estimate of drug-likeness (QED) is 0.0267. The molecule has 0 heterocycles. The van der Waals surface area contributed by atoms with Crippen molar-refractivity contribution in [3.05, 3.63) is 0 Å². The second-order valence-electron chi connectivity index (χ2n) is 29.9. The van der Waals surface area contributed by atoms with Gasteiger partial charge in [0, 0.05) is 50.8 Å². The van der Waals surface area contributed by atoms with Crippen LogP contribution in [0.3, 0.4) is 0 Å². The van der Waals surface area contributed by atoms with Gasteiger partial charge in [0.1, 0.15) is 12.2 Å². The van der Waals surface area contributed by atoms with Gasteiger partial charge in [-0.2, -0.15) is 0 Å². The van der Waals surface area contributed by atoms with Gasteiger partial charge in [-0.05, 0) is 25.7 Å². The Morgan fingerprint density at radius 3 is 0.542 bits per heavy atom. The fourth-order valence-corrected chi connectivity index (χ4v) is 15.5. The molecule has 0 aromatic rings. The zero-order valence-electron chi connectivity index (χ0n) is 63.8. The fourth-order valence-electron chi connectivity index (χ4n) is 13.7. The van der Waals surface area contributed by atoms with Gasteiger partial charge < -0.3 is 40.9 Å². The maximum absolute atomic E-state index is 13.3. The summed E-state index contributed by atoms with van der Waals surface area (Å²) in [6, 6.07) is 0. The lowest BCUT2D eigenvalue weighted by Crippen LogP contribution is -2.49. The second kappa shape index (κ2) is 74.4. The van der Waals surface area contributed by atoms with Gasteiger partial charge in [0.05, 0.1) is 24.4 Å². The van der Waals surface area contributed by atoms with Gasteiger partial charge in [0.2, 0.25) is 10.2 Å². The normalized spacial score (nSPS) is 14.6. The number of nitrogens with zero attached hydrogens (tertiary/aromatic N) is 2.